The number of aryl methyl sites for hydroxylation is 1. The van der Waals surface area contributed by atoms with Crippen LogP contribution in [0.5, 0.6) is 0 Å². The maximum atomic E-state index is 12.2. The predicted octanol–water partition coefficient (Wildman–Crippen LogP) is 4.04. The van der Waals surface area contributed by atoms with Crippen LogP contribution >= 0.6 is 15.9 Å². The summed E-state index contributed by atoms with van der Waals surface area (Å²) in [5, 5.41) is 2.85. The lowest BCUT2D eigenvalue weighted by atomic mass is 10.2. The Kier molecular flexibility index (Phi) is 6.10. The smallest absolute Gasteiger partial charge is 0.258 e. The number of aromatic nitrogens is 2. The van der Waals surface area contributed by atoms with Gasteiger partial charge < -0.3 is 10.2 Å². The molecule has 0 saturated carbocycles. The molecule has 1 aromatic heterocycles. The Morgan fingerprint density at radius 2 is 2.00 bits per heavy atom. The molecule has 1 amide bonds. The van der Waals surface area contributed by atoms with E-state index < -0.39 is 0 Å². The van der Waals surface area contributed by atoms with E-state index in [0.29, 0.717) is 11.5 Å². The zero-order valence-corrected chi connectivity index (χ0v) is 15.2. The zero-order chi connectivity index (χ0) is 16.8. The molecule has 0 radical (unpaired) electrons. The summed E-state index contributed by atoms with van der Waals surface area (Å²) >= 11 is 3.46. The van der Waals surface area contributed by atoms with E-state index in [1.165, 1.54) is 0 Å². The molecule has 1 aromatic carbocycles. The maximum Gasteiger partial charge on any atom is 0.258 e. The van der Waals surface area contributed by atoms with Crippen molar-refractivity contribution < 1.29 is 4.79 Å². The normalized spacial score (nSPS) is 10.4. The van der Waals surface area contributed by atoms with Gasteiger partial charge in [-0.25, -0.2) is 9.97 Å². The summed E-state index contributed by atoms with van der Waals surface area (Å²) in [5.74, 6) is 0.414. The number of nitrogens with zero attached hydrogens (tertiary/aromatic N) is 3. The van der Waals surface area contributed by atoms with Crippen molar-refractivity contribution >= 4 is 33.5 Å². The van der Waals surface area contributed by atoms with Crippen LogP contribution < -0.4 is 10.2 Å². The van der Waals surface area contributed by atoms with Crippen LogP contribution in [0.25, 0.3) is 0 Å². The van der Waals surface area contributed by atoms with Gasteiger partial charge in [0.25, 0.3) is 5.91 Å². The van der Waals surface area contributed by atoms with Gasteiger partial charge in [-0.15, -0.1) is 0 Å². The summed E-state index contributed by atoms with van der Waals surface area (Å²) < 4.78 is 0.958. The van der Waals surface area contributed by atoms with Crippen LogP contribution in [0.1, 0.15) is 35.7 Å². The van der Waals surface area contributed by atoms with Gasteiger partial charge in [0.15, 0.2) is 0 Å². The third kappa shape index (κ3) is 4.76. The van der Waals surface area contributed by atoms with E-state index in [4.69, 9.17) is 0 Å². The first-order chi connectivity index (χ1) is 11.0. The lowest BCUT2D eigenvalue weighted by Crippen LogP contribution is -2.21. The van der Waals surface area contributed by atoms with Crippen molar-refractivity contribution in [2.75, 3.05) is 23.8 Å². The number of halogens is 1. The Morgan fingerprint density at radius 1 is 1.30 bits per heavy atom. The second kappa shape index (κ2) is 8.06. The molecule has 2 rings (SSSR count). The Morgan fingerprint density at radius 3 is 2.61 bits per heavy atom. The molecule has 2 aromatic rings. The van der Waals surface area contributed by atoms with E-state index >= 15 is 0 Å². The number of anilines is 2. The van der Waals surface area contributed by atoms with Crippen LogP contribution in [0.3, 0.4) is 0 Å². The fourth-order valence-corrected chi connectivity index (χ4v) is 2.38. The molecule has 5 nitrogen and oxygen atoms in total. The van der Waals surface area contributed by atoms with Gasteiger partial charge in [-0.05, 0) is 31.0 Å². The van der Waals surface area contributed by atoms with Crippen molar-refractivity contribution in [3.63, 3.8) is 0 Å². The molecule has 0 saturated heterocycles. The van der Waals surface area contributed by atoms with Gasteiger partial charge in [0, 0.05) is 36.1 Å². The number of unbranched alkanes of at least 4 members (excludes halogenated alkanes) is 1. The van der Waals surface area contributed by atoms with Gasteiger partial charge >= 0.3 is 0 Å². The van der Waals surface area contributed by atoms with Gasteiger partial charge in [0.05, 0.1) is 5.56 Å². The summed E-state index contributed by atoms with van der Waals surface area (Å²) in [6, 6.07) is 5.69. The second-order valence-electron chi connectivity index (χ2n) is 5.46. The minimum absolute atomic E-state index is 0.219. The molecule has 0 unspecified atom stereocenters. The number of carbonyl (C=O) groups excluding carboxylic acids is 1. The molecule has 1 N–H and O–H groups in total. The van der Waals surface area contributed by atoms with Gasteiger partial charge in [0.1, 0.15) is 0 Å². The summed E-state index contributed by atoms with van der Waals surface area (Å²) in [6.07, 6.45) is 5.33. The molecular formula is C17H21BrN4O. The Balaban J connectivity index is 2.03. The molecule has 0 fully saturated rings. The van der Waals surface area contributed by atoms with Crippen molar-refractivity contribution in [3.8, 4) is 0 Å². The Labute approximate surface area is 145 Å². The highest BCUT2D eigenvalue weighted by molar-refractivity contribution is 9.10. The molecule has 23 heavy (non-hydrogen) atoms. The fourth-order valence-electron chi connectivity index (χ4n) is 2.00. The molecule has 122 valence electrons. The first-order valence-corrected chi connectivity index (χ1v) is 8.41. The molecule has 0 bridgehead atoms. The summed E-state index contributed by atoms with van der Waals surface area (Å²) in [6.45, 7) is 5.04. The molecule has 0 atom stereocenters. The van der Waals surface area contributed by atoms with Crippen molar-refractivity contribution in [2.24, 2.45) is 0 Å². The minimum atomic E-state index is -0.219. The van der Waals surface area contributed by atoms with Crippen molar-refractivity contribution in [3.05, 3.63) is 46.2 Å². The Bertz CT molecular complexity index is 673. The van der Waals surface area contributed by atoms with Crippen LogP contribution in [-0.2, 0) is 0 Å². The van der Waals surface area contributed by atoms with E-state index in [9.17, 15) is 4.79 Å². The summed E-state index contributed by atoms with van der Waals surface area (Å²) in [7, 11) is 1.95. The first kappa shape index (κ1) is 17.4. The highest BCUT2D eigenvalue weighted by Crippen LogP contribution is 2.21. The minimum Gasteiger partial charge on any atom is -0.344 e. The van der Waals surface area contributed by atoms with Crippen LogP contribution in [0.4, 0.5) is 11.6 Å². The molecular weight excluding hydrogens is 356 g/mol. The predicted molar refractivity (Wildman–Crippen MR) is 97.0 cm³/mol. The topological polar surface area (TPSA) is 58.1 Å². The Hall–Kier alpha value is -1.95. The number of carbonyl (C=O) groups is 1. The molecule has 0 aliphatic rings. The first-order valence-electron chi connectivity index (χ1n) is 7.62. The SMILES string of the molecule is CCCCN(C)c1ncc(C(=O)Nc2ccc(C)c(Br)c2)cn1. The van der Waals surface area contributed by atoms with E-state index in [0.717, 1.165) is 35.1 Å². The lowest BCUT2D eigenvalue weighted by Gasteiger charge is -2.16. The molecule has 0 aliphatic heterocycles. The molecule has 0 spiro atoms. The van der Waals surface area contributed by atoms with Crippen LogP contribution in [0.15, 0.2) is 35.1 Å². The number of amides is 1. The average molecular weight is 377 g/mol. The quantitative estimate of drug-likeness (QED) is 0.826. The van der Waals surface area contributed by atoms with Gasteiger partial charge in [-0.2, -0.15) is 0 Å². The van der Waals surface area contributed by atoms with Gasteiger partial charge in [-0.3, -0.25) is 4.79 Å². The zero-order valence-electron chi connectivity index (χ0n) is 13.6. The highest BCUT2D eigenvalue weighted by atomic mass is 79.9. The second-order valence-corrected chi connectivity index (χ2v) is 6.32. The van der Waals surface area contributed by atoms with E-state index in [1.54, 1.807) is 12.4 Å². The third-order valence-electron chi connectivity index (χ3n) is 3.52. The van der Waals surface area contributed by atoms with Crippen LogP contribution in [-0.4, -0.2) is 29.5 Å². The van der Waals surface area contributed by atoms with Crippen molar-refractivity contribution in [1.82, 2.24) is 9.97 Å². The van der Waals surface area contributed by atoms with Crippen LogP contribution in [0, 0.1) is 6.92 Å². The van der Waals surface area contributed by atoms with Gasteiger partial charge in [0.2, 0.25) is 5.95 Å². The summed E-state index contributed by atoms with van der Waals surface area (Å²) in [4.78, 5) is 22.8. The van der Waals surface area contributed by atoms with Gasteiger partial charge in [-0.1, -0.05) is 35.3 Å². The summed E-state index contributed by atoms with van der Waals surface area (Å²) in [5.41, 5.74) is 2.29. The number of nitrogens with one attached hydrogen (secondary N) is 1. The lowest BCUT2D eigenvalue weighted by molar-refractivity contribution is 0.102. The molecule has 0 aliphatic carbocycles. The monoisotopic (exact) mass is 376 g/mol. The van der Waals surface area contributed by atoms with Crippen molar-refractivity contribution in [1.29, 1.82) is 0 Å². The third-order valence-corrected chi connectivity index (χ3v) is 4.37. The van der Waals surface area contributed by atoms with Crippen molar-refractivity contribution in [2.45, 2.75) is 26.7 Å². The number of rotatable bonds is 6. The highest BCUT2D eigenvalue weighted by Gasteiger charge is 2.10. The van der Waals surface area contributed by atoms with E-state index in [2.05, 4.69) is 38.1 Å². The molecule has 6 heteroatoms. The fraction of sp³-hybridized carbons (Fsp3) is 0.353. The number of hydrogen-bond acceptors (Lipinski definition) is 4. The van der Waals surface area contributed by atoms with E-state index in [1.807, 2.05) is 37.1 Å². The molecule has 1 heterocycles. The van der Waals surface area contributed by atoms with Crippen LogP contribution in [0.2, 0.25) is 0 Å². The average Bonchev–Trinajstić information content (AvgIpc) is 2.56. The standard InChI is InChI=1S/C17H21BrN4O/c1-4-5-8-22(3)17-19-10-13(11-20-17)16(23)21-14-7-6-12(2)15(18)9-14/h6-7,9-11H,4-5,8H2,1-3H3,(H,21,23). The van der Waals surface area contributed by atoms with E-state index in [-0.39, 0.29) is 5.91 Å². The maximum absolute atomic E-state index is 12.2. The largest absolute Gasteiger partial charge is 0.344 e. The number of benzene rings is 1. The number of hydrogen-bond donors (Lipinski definition) is 1.